The molecule has 2 heteroatoms. The summed E-state index contributed by atoms with van der Waals surface area (Å²) in [5.74, 6) is 0. The Kier molecular flexibility index (Phi) is 4.25. The van der Waals surface area contributed by atoms with Gasteiger partial charge >= 0.3 is 0 Å². The average Bonchev–Trinajstić information content (AvgIpc) is 3.01. The second-order valence-electron chi connectivity index (χ2n) is 5.51. The summed E-state index contributed by atoms with van der Waals surface area (Å²) in [5.41, 5.74) is 5.13. The molecule has 2 N–H and O–H groups in total. The summed E-state index contributed by atoms with van der Waals surface area (Å²) in [7, 11) is 0. The van der Waals surface area contributed by atoms with Gasteiger partial charge in [-0.15, -0.1) is 0 Å². The topological polar surface area (TPSA) is 27.8 Å². The van der Waals surface area contributed by atoms with Crippen molar-refractivity contribution >= 4 is 16.6 Å². The van der Waals surface area contributed by atoms with Gasteiger partial charge in [0.2, 0.25) is 0 Å². The van der Waals surface area contributed by atoms with Crippen LogP contribution >= 0.6 is 0 Å². The first kappa shape index (κ1) is 13.7. The molecule has 0 spiro atoms. The minimum Gasteiger partial charge on any atom is -0.381 e. The molecule has 1 aromatic heterocycles. The highest BCUT2D eigenvalue weighted by Crippen LogP contribution is 2.19. The van der Waals surface area contributed by atoms with Gasteiger partial charge in [0.05, 0.1) is 5.52 Å². The van der Waals surface area contributed by atoms with Crippen molar-refractivity contribution in [1.82, 2.24) is 4.98 Å². The number of H-pyrrole nitrogens is 1. The Bertz CT molecular complexity index is 695. The van der Waals surface area contributed by atoms with Crippen molar-refractivity contribution in [2.75, 3.05) is 5.32 Å². The molecule has 0 atom stereocenters. The van der Waals surface area contributed by atoms with Crippen LogP contribution in [0.2, 0.25) is 0 Å². The number of fused-ring (bicyclic) bond motifs is 1. The number of aryl methyl sites for hydroxylation is 1. The largest absolute Gasteiger partial charge is 0.381 e. The molecule has 0 aliphatic rings. The highest BCUT2D eigenvalue weighted by Gasteiger charge is 2.01. The van der Waals surface area contributed by atoms with Crippen molar-refractivity contribution in [3.8, 4) is 0 Å². The second kappa shape index (κ2) is 6.49. The van der Waals surface area contributed by atoms with Crippen molar-refractivity contribution in [1.29, 1.82) is 0 Å². The van der Waals surface area contributed by atoms with Gasteiger partial charge < -0.3 is 10.3 Å². The molecule has 0 saturated carbocycles. The Morgan fingerprint density at radius 2 is 1.86 bits per heavy atom. The van der Waals surface area contributed by atoms with Crippen LogP contribution in [-0.4, -0.2) is 4.98 Å². The minimum absolute atomic E-state index is 0.839. The first-order valence-corrected chi connectivity index (χ1v) is 7.74. The molecule has 0 amide bonds. The van der Waals surface area contributed by atoms with Crippen LogP contribution in [0.1, 0.15) is 30.9 Å². The summed E-state index contributed by atoms with van der Waals surface area (Å²) in [5, 5.41) is 4.77. The number of nitrogens with one attached hydrogen (secondary N) is 2. The molecule has 0 saturated heterocycles. The first-order chi connectivity index (χ1) is 10.4. The first-order valence-electron chi connectivity index (χ1n) is 7.74. The number of aromatic nitrogens is 1. The van der Waals surface area contributed by atoms with Gasteiger partial charge in [0.25, 0.3) is 0 Å². The predicted molar refractivity (Wildman–Crippen MR) is 90.7 cm³/mol. The van der Waals surface area contributed by atoms with Gasteiger partial charge in [-0.3, -0.25) is 0 Å². The van der Waals surface area contributed by atoms with Gasteiger partial charge in [0, 0.05) is 18.4 Å². The van der Waals surface area contributed by atoms with Crippen LogP contribution in [0.25, 0.3) is 10.9 Å². The Morgan fingerprint density at radius 3 is 2.67 bits per heavy atom. The van der Waals surface area contributed by atoms with Gasteiger partial charge in [-0.2, -0.15) is 0 Å². The number of para-hydroxylation sites is 1. The molecule has 2 aromatic carbocycles. The lowest BCUT2D eigenvalue weighted by Gasteiger charge is -2.09. The number of hydrogen-bond acceptors (Lipinski definition) is 1. The number of hydrogen-bond donors (Lipinski definition) is 2. The summed E-state index contributed by atoms with van der Waals surface area (Å²) in [6, 6.07) is 17.3. The normalized spacial score (nSPS) is 10.9. The van der Waals surface area contributed by atoms with E-state index < -0.39 is 0 Å². The maximum absolute atomic E-state index is 3.51. The van der Waals surface area contributed by atoms with Crippen LogP contribution in [0.4, 0.5) is 5.69 Å². The van der Waals surface area contributed by atoms with Gasteiger partial charge in [-0.25, -0.2) is 0 Å². The van der Waals surface area contributed by atoms with Gasteiger partial charge in [-0.05, 0) is 47.6 Å². The van der Waals surface area contributed by atoms with E-state index in [0.29, 0.717) is 0 Å². The molecule has 0 radical (unpaired) electrons. The summed E-state index contributed by atoms with van der Waals surface area (Å²) < 4.78 is 0. The zero-order valence-electron chi connectivity index (χ0n) is 12.5. The molecule has 2 nitrogen and oxygen atoms in total. The zero-order chi connectivity index (χ0) is 14.5. The molecule has 0 fully saturated rings. The molecule has 1 heterocycles. The van der Waals surface area contributed by atoms with Crippen LogP contribution in [0.3, 0.4) is 0 Å². The molecule has 3 rings (SSSR count). The Morgan fingerprint density at radius 1 is 1.00 bits per heavy atom. The molecular weight excluding hydrogens is 256 g/mol. The Labute approximate surface area is 126 Å². The second-order valence-corrected chi connectivity index (χ2v) is 5.51. The van der Waals surface area contributed by atoms with Crippen LogP contribution in [0.15, 0.2) is 54.7 Å². The van der Waals surface area contributed by atoms with E-state index in [-0.39, 0.29) is 0 Å². The number of unbranched alkanes of at least 4 members (excludes halogenated alkanes) is 1. The smallest absolute Gasteiger partial charge is 0.0504 e. The van der Waals surface area contributed by atoms with E-state index in [2.05, 4.69) is 65.8 Å². The van der Waals surface area contributed by atoms with E-state index in [0.717, 1.165) is 6.54 Å². The van der Waals surface area contributed by atoms with Gasteiger partial charge in [0.15, 0.2) is 0 Å². The molecule has 0 aliphatic heterocycles. The fourth-order valence-corrected chi connectivity index (χ4v) is 2.66. The third kappa shape index (κ3) is 3.27. The highest BCUT2D eigenvalue weighted by atomic mass is 14.9. The lowest BCUT2D eigenvalue weighted by Crippen LogP contribution is -2.00. The number of anilines is 1. The minimum atomic E-state index is 0.839. The van der Waals surface area contributed by atoms with Crippen LogP contribution in [0.5, 0.6) is 0 Å². The van der Waals surface area contributed by atoms with E-state index in [1.807, 2.05) is 6.20 Å². The lowest BCUT2D eigenvalue weighted by atomic mass is 10.1. The summed E-state index contributed by atoms with van der Waals surface area (Å²) >= 11 is 0. The van der Waals surface area contributed by atoms with E-state index in [1.165, 1.54) is 47.0 Å². The number of benzene rings is 2. The average molecular weight is 278 g/mol. The number of aromatic amines is 1. The summed E-state index contributed by atoms with van der Waals surface area (Å²) in [6.45, 7) is 3.07. The third-order valence-electron chi connectivity index (χ3n) is 3.93. The van der Waals surface area contributed by atoms with Crippen LogP contribution in [-0.2, 0) is 13.0 Å². The molecule has 3 aromatic rings. The van der Waals surface area contributed by atoms with Crippen molar-refractivity contribution in [2.45, 2.75) is 32.7 Å². The van der Waals surface area contributed by atoms with Crippen molar-refractivity contribution in [3.63, 3.8) is 0 Å². The maximum atomic E-state index is 3.51. The highest BCUT2D eigenvalue weighted by molar-refractivity contribution is 5.82. The van der Waals surface area contributed by atoms with E-state index in [1.54, 1.807) is 0 Å². The molecule has 0 aliphatic carbocycles. The van der Waals surface area contributed by atoms with Crippen LogP contribution < -0.4 is 5.32 Å². The fourth-order valence-electron chi connectivity index (χ4n) is 2.66. The van der Waals surface area contributed by atoms with Gasteiger partial charge in [-0.1, -0.05) is 43.7 Å². The fraction of sp³-hybridized carbons (Fsp3) is 0.263. The van der Waals surface area contributed by atoms with Crippen molar-refractivity contribution in [3.05, 3.63) is 65.9 Å². The standard InChI is InChI=1S/C19H22N2/c1-2-3-5-15-8-10-18(11-9-15)21-14-17-7-4-6-16-12-13-20-19(16)17/h4,6-13,20-21H,2-3,5,14H2,1H3. The quantitative estimate of drug-likeness (QED) is 0.643. The molecule has 108 valence electrons. The zero-order valence-corrected chi connectivity index (χ0v) is 12.5. The number of rotatable bonds is 6. The molecule has 0 unspecified atom stereocenters. The summed E-state index contributed by atoms with van der Waals surface area (Å²) in [4.78, 5) is 3.32. The molecule has 0 bridgehead atoms. The van der Waals surface area contributed by atoms with E-state index >= 15 is 0 Å². The monoisotopic (exact) mass is 278 g/mol. The van der Waals surface area contributed by atoms with E-state index in [9.17, 15) is 0 Å². The van der Waals surface area contributed by atoms with Crippen molar-refractivity contribution < 1.29 is 0 Å². The molecular formula is C19H22N2. The SMILES string of the molecule is CCCCc1ccc(NCc2cccc3cc[nH]c23)cc1. The molecule has 21 heavy (non-hydrogen) atoms. The van der Waals surface area contributed by atoms with E-state index in [4.69, 9.17) is 0 Å². The Balaban J connectivity index is 1.66. The van der Waals surface area contributed by atoms with Gasteiger partial charge in [0.1, 0.15) is 0 Å². The third-order valence-corrected chi connectivity index (χ3v) is 3.93. The van der Waals surface area contributed by atoms with Crippen molar-refractivity contribution in [2.24, 2.45) is 0 Å². The summed E-state index contributed by atoms with van der Waals surface area (Å²) in [6.07, 6.45) is 5.69. The lowest BCUT2D eigenvalue weighted by molar-refractivity contribution is 0.795. The Hall–Kier alpha value is -2.22. The van der Waals surface area contributed by atoms with Crippen LogP contribution in [0, 0.1) is 0 Å². The predicted octanol–water partition coefficient (Wildman–Crippen LogP) is 5.12. The maximum Gasteiger partial charge on any atom is 0.0504 e.